The second-order valence-electron chi connectivity index (χ2n) is 3.86. The van der Waals surface area contributed by atoms with E-state index in [1.165, 1.54) is 25.7 Å². The molecule has 0 radical (unpaired) electrons. The molecular weight excluding hydrogens is 152 g/mol. The van der Waals surface area contributed by atoms with E-state index in [2.05, 4.69) is 10.1 Å². The molecular formula is C9H16N2O. The largest absolute Gasteiger partial charge is 0.409 e. The zero-order valence-corrected chi connectivity index (χ0v) is 7.37. The fourth-order valence-corrected chi connectivity index (χ4v) is 1.79. The Labute approximate surface area is 73.1 Å². The lowest BCUT2D eigenvalue weighted by atomic mass is 10.1. The lowest BCUT2D eigenvalue weighted by Crippen LogP contribution is -2.36. The first-order chi connectivity index (χ1) is 5.90. The van der Waals surface area contributed by atoms with Crippen molar-refractivity contribution in [3.05, 3.63) is 0 Å². The van der Waals surface area contributed by atoms with Crippen molar-refractivity contribution in [1.29, 1.82) is 0 Å². The first kappa shape index (κ1) is 7.90. The van der Waals surface area contributed by atoms with E-state index >= 15 is 0 Å². The van der Waals surface area contributed by atoms with Gasteiger partial charge in [0.25, 0.3) is 0 Å². The highest BCUT2D eigenvalue weighted by molar-refractivity contribution is 5.82. The Morgan fingerprint density at radius 3 is 2.92 bits per heavy atom. The highest BCUT2D eigenvalue weighted by Gasteiger charge is 2.27. The minimum absolute atomic E-state index is 0.889. The lowest BCUT2D eigenvalue weighted by Gasteiger charge is -2.29. The van der Waals surface area contributed by atoms with Gasteiger partial charge in [-0.1, -0.05) is 5.16 Å². The molecule has 0 aromatic rings. The molecule has 68 valence electrons. The maximum Gasteiger partial charge on any atom is 0.144 e. The molecule has 3 nitrogen and oxygen atoms in total. The third kappa shape index (κ3) is 1.71. The van der Waals surface area contributed by atoms with Crippen LogP contribution in [0.1, 0.15) is 32.1 Å². The summed E-state index contributed by atoms with van der Waals surface area (Å²) in [7, 11) is 0. The lowest BCUT2D eigenvalue weighted by molar-refractivity contribution is 0.281. The molecule has 2 rings (SSSR count). The van der Waals surface area contributed by atoms with E-state index in [4.69, 9.17) is 5.21 Å². The molecule has 0 amide bonds. The van der Waals surface area contributed by atoms with Crippen LogP contribution in [0.4, 0.5) is 0 Å². The van der Waals surface area contributed by atoms with Crippen LogP contribution in [0.5, 0.6) is 0 Å². The molecule has 1 N–H and O–H groups in total. The normalized spacial score (nSPS) is 28.0. The van der Waals surface area contributed by atoms with Crippen LogP contribution in [-0.4, -0.2) is 29.0 Å². The van der Waals surface area contributed by atoms with E-state index < -0.39 is 0 Å². The van der Waals surface area contributed by atoms with Gasteiger partial charge in [0.05, 0.1) is 0 Å². The van der Waals surface area contributed by atoms with Gasteiger partial charge in [-0.2, -0.15) is 0 Å². The summed E-state index contributed by atoms with van der Waals surface area (Å²) in [6.45, 7) is 2.22. The molecule has 1 aliphatic carbocycles. The van der Waals surface area contributed by atoms with E-state index in [0.29, 0.717) is 0 Å². The summed E-state index contributed by atoms with van der Waals surface area (Å²) in [5.41, 5.74) is 0. The standard InChI is InChI=1S/C9H16N2O/c12-10-9-3-1-2-6-11(9)7-8-4-5-8/h8,12H,1-7H2/b10-9+. The van der Waals surface area contributed by atoms with Crippen LogP contribution < -0.4 is 0 Å². The van der Waals surface area contributed by atoms with Crippen molar-refractivity contribution < 1.29 is 5.21 Å². The van der Waals surface area contributed by atoms with Crippen molar-refractivity contribution in [1.82, 2.24) is 4.90 Å². The zero-order chi connectivity index (χ0) is 8.39. The Hall–Kier alpha value is -0.730. The monoisotopic (exact) mass is 168 g/mol. The van der Waals surface area contributed by atoms with Crippen LogP contribution in [-0.2, 0) is 0 Å². The quantitative estimate of drug-likeness (QED) is 0.503. The number of hydrogen-bond donors (Lipinski definition) is 1. The van der Waals surface area contributed by atoms with Gasteiger partial charge in [-0.25, -0.2) is 0 Å². The second kappa shape index (κ2) is 3.33. The molecule has 2 aliphatic rings. The fraction of sp³-hybridized carbons (Fsp3) is 0.889. The molecule has 12 heavy (non-hydrogen) atoms. The van der Waals surface area contributed by atoms with Gasteiger partial charge >= 0.3 is 0 Å². The first-order valence-corrected chi connectivity index (χ1v) is 4.86. The Kier molecular flexibility index (Phi) is 2.19. The van der Waals surface area contributed by atoms with E-state index in [1.807, 2.05) is 0 Å². The Morgan fingerprint density at radius 2 is 2.25 bits per heavy atom. The van der Waals surface area contributed by atoms with Gasteiger partial charge in [0.1, 0.15) is 5.84 Å². The number of nitrogens with zero attached hydrogens (tertiary/aromatic N) is 2. The number of amidine groups is 1. The van der Waals surface area contributed by atoms with Crippen LogP contribution in [0.15, 0.2) is 5.16 Å². The number of likely N-dealkylation sites (tertiary alicyclic amines) is 1. The Bertz CT molecular complexity index is 187. The highest BCUT2D eigenvalue weighted by atomic mass is 16.4. The third-order valence-corrected chi connectivity index (χ3v) is 2.73. The zero-order valence-electron chi connectivity index (χ0n) is 7.37. The number of hydrogen-bond acceptors (Lipinski definition) is 2. The molecule has 1 aliphatic heterocycles. The molecule has 0 aromatic heterocycles. The molecule has 0 spiro atoms. The van der Waals surface area contributed by atoms with E-state index in [-0.39, 0.29) is 0 Å². The minimum atomic E-state index is 0.889. The van der Waals surface area contributed by atoms with Gasteiger partial charge in [-0.3, -0.25) is 0 Å². The van der Waals surface area contributed by atoms with Gasteiger partial charge in [-0.05, 0) is 31.6 Å². The maximum atomic E-state index is 8.74. The predicted molar refractivity (Wildman–Crippen MR) is 47.4 cm³/mol. The van der Waals surface area contributed by atoms with Gasteiger partial charge < -0.3 is 10.1 Å². The Balaban J connectivity index is 1.90. The van der Waals surface area contributed by atoms with Gasteiger partial charge in [-0.15, -0.1) is 0 Å². The molecule has 1 saturated carbocycles. The van der Waals surface area contributed by atoms with Crippen molar-refractivity contribution in [3.63, 3.8) is 0 Å². The summed E-state index contributed by atoms with van der Waals surface area (Å²) in [5, 5.41) is 12.1. The fourth-order valence-electron chi connectivity index (χ4n) is 1.79. The number of piperidine rings is 1. The minimum Gasteiger partial charge on any atom is -0.409 e. The predicted octanol–water partition coefficient (Wildman–Crippen LogP) is 1.67. The second-order valence-corrected chi connectivity index (χ2v) is 3.86. The summed E-state index contributed by atoms with van der Waals surface area (Å²) in [4.78, 5) is 2.25. The van der Waals surface area contributed by atoms with Gasteiger partial charge in [0, 0.05) is 19.5 Å². The van der Waals surface area contributed by atoms with Gasteiger partial charge in [0.2, 0.25) is 0 Å². The van der Waals surface area contributed by atoms with E-state index in [9.17, 15) is 0 Å². The van der Waals surface area contributed by atoms with Crippen molar-refractivity contribution in [2.75, 3.05) is 13.1 Å². The average molecular weight is 168 g/mol. The summed E-state index contributed by atoms with van der Waals surface area (Å²) in [6.07, 6.45) is 6.14. The van der Waals surface area contributed by atoms with Crippen molar-refractivity contribution >= 4 is 5.84 Å². The topological polar surface area (TPSA) is 35.8 Å². The Morgan fingerprint density at radius 1 is 1.42 bits per heavy atom. The smallest absolute Gasteiger partial charge is 0.144 e. The van der Waals surface area contributed by atoms with Crippen molar-refractivity contribution in [2.24, 2.45) is 11.1 Å². The highest BCUT2D eigenvalue weighted by Crippen LogP contribution is 2.30. The van der Waals surface area contributed by atoms with Gasteiger partial charge in [0.15, 0.2) is 0 Å². The number of oxime groups is 1. The molecule has 0 unspecified atom stereocenters. The van der Waals surface area contributed by atoms with Crippen LogP contribution in [0.3, 0.4) is 0 Å². The maximum absolute atomic E-state index is 8.74. The molecule has 0 atom stereocenters. The van der Waals surface area contributed by atoms with Crippen molar-refractivity contribution in [2.45, 2.75) is 32.1 Å². The molecule has 1 saturated heterocycles. The third-order valence-electron chi connectivity index (χ3n) is 2.73. The molecule has 3 heteroatoms. The van der Waals surface area contributed by atoms with E-state index in [1.54, 1.807) is 0 Å². The molecule has 1 heterocycles. The first-order valence-electron chi connectivity index (χ1n) is 4.86. The SMILES string of the molecule is O/N=C1\CCCCN1CC1CC1. The summed E-state index contributed by atoms with van der Waals surface area (Å²) >= 11 is 0. The summed E-state index contributed by atoms with van der Waals surface area (Å²) in [6, 6.07) is 0. The summed E-state index contributed by atoms with van der Waals surface area (Å²) < 4.78 is 0. The van der Waals surface area contributed by atoms with Crippen LogP contribution in [0.2, 0.25) is 0 Å². The molecule has 2 fully saturated rings. The number of rotatable bonds is 2. The van der Waals surface area contributed by atoms with Crippen LogP contribution in [0.25, 0.3) is 0 Å². The van der Waals surface area contributed by atoms with Crippen LogP contribution in [0, 0.1) is 5.92 Å². The summed E-state index contributed by atoms with van der Waals surface area (Å²) in [5.74, 6) is 1.80. The molecule has 0 bridgehead atoms. The van der Waals surface area contributed by atoms with Crippen LogP contribution >= 0.6 is 0 Å². The van der Waals surface area contributed by atoms with Crippen molar-refractivity contribution in [3.8, 4) is 0 Å². The van der Waals surface area contributed by atoms with E-state index in [0.717, 1.165) is 31.3 Å². The molecule has 0 aromatic carbocycles. The average Bonchev–Trinajstić information content (AvgIpc) is 2.89.